The van der Waals surface area contributed by atoms with E-state index < -0.39 is 5.91 Å². The third-order valence-electron chi connectivity index (χ3n) is 3.86. The number of nitrogens with zero attached hydrogens (tertiary/aromatic N) is 2. The maximum atomic E-state index is 13.6. The topological polar surface area (TPSA) is 84.0 Å². The number of pyridine rings is 2. The number of nitrogens with one attached hydrogen (secondary N) is 2. The number of rotatable bonds is 6. The molecule has 2 N–H and O–H groups in total. The van der Waals surface area contributed by atoms with Gasteiger partial charge in [0.2, 0.25) is 0 Å². The Labute approximate surface area is 155 Å². The van der Waals surface area contributed by atoms with Crippen LogP contribution in [0.5, 0.6) is 0 Å². The van der Waals surface area contributed by atoms with Crippen molar-refractivity contribution in [2.75, 3.05) is 0 Å². The minimum absolute atomic E-state index is 0.0456. The highest BCUT2D eigenvalue weighted by molar-refractivity contribution is 5.99. The summed E-state index contributed by atoms with van der Waals surface area (Å²) in [6.45, 7) is 0.384. The van der Waals surface area contributed by atoms with Gasteiger partial charge in [0.1, 0.15) is 5.82 Å². The fourth-order valence-electron chi connectivity index (χ4n) is 2.39. The van der Waals surface area contributed by atoms with Crippen molar-refractivity contribution in [3.8, 4) is 0 Å². The summed E-state index contributed by atoms with van der Waals surface area (Å²) in [6, 6.07) is 11.2. The van der Waals surface area contributed by atoms with Crippen LogP contribution in [-0.4, -0.2) is 21.8 Å². The first-order valence-corrected chi connectivity index (χ1v) is 8.27. The van der Waals surface area contributed by atoms with Gasteiger partial charge in [-0.3, -0.25) is 19.6 Å². The summed E-state index contributed by atoms with van der Waals surface area (Å²) < 4.78 is 13.6. The van der Waals surface area contributed by atoms with Crippen LogP contribution in [0.25, 0.3) is 0 Å². The predicted molar refractivity (Wildman–Crippen MR) is 97.2 cm³/mol. The highest BCUT2D eigenvalue weighted by Crippen LogP contribution is 2.08. The van der Waals surface area contributed by atoms with Gasteiger partial charge in [-0.05, 0) is 29.8 Å². The highest BCUT2D eigenvalue weighted by atomic mass is 19.1. The van der Waals surface area contributed by atoms with Crippen molar-refractivity contribution in [1.82, 2.24) is 20.6 Å². The summed E-state index contributed by atoms with van der Waals surface area (Å²) in [5.74, 6) is -1.17. The highest BCUT2D eigenvalue weighted by Gasteiger charge is 2.12. The van der Waals surface area contributed by atoms with Crippen molar-refractivity contribution in [2.45, 2.75) is 13.1 Å². The van der Waals surface area contributed by atoms with E-state index in [0.717, 1.165) is 5.56 Å². The summed E-state index contributed by atoms with van der Waals surface area (Å²) in [7, 11) is 0. The van der Waals surface area contributed by atoms with Gasteiger partial charge in [0.05, 0.1) is 11.1 Å². The molecule has 0 fully saturated rings. The lowest BCUT2D eigenvalue weighted by Crippen LogP contribution is -2.26. The van der Waals surface area contributed by atoms with Crippen molar-refractivity contribution < 1.29 is 14.0 Å². The van der Waals surface area contributed by atoms with Gasteiger partial charge in [-0.2, -0.15) is 0 Å². The largest absolute Gasteiger partial charge is 0.348 e. The van der Waals surface area contributed by atoms with Gasteiger partial charge in [0, 0.05) is 43.4 Å². The second kappa shape index (κ2) is 8.66. The molecular weight excluding hydrogens is 347 g/mol. The van der Waals surface area contributed by atoms with Gasteiger partial charge >= 0.3 is 0 Å². The van der Waals surface area contributed by atoms with Gasteiger partial charge in [-0.25, -0.2) is 4.39 Å². The number of halogens is 1. The van der Waals surface area contributed by atoms with Crippen LogP contribution in [0.15, 0.2) is 67.3 Å². The van der Waals surface area contributed by atoms with Crippen molar-refractivity contribution >= 4 is 11.8 Å². The first-order chi connectivity index (χ1) is 13.1. The van der Waals surface area contributed by atoms with Crippen molar-refractivity contribution in [1.29, 1.82) is 0 Å². The van der Waals surface area contributed by atoms with Crippen LogP contribution in [-0.2, 0) is 13.1 Å². The number of benzene rings is 1. The lowest BCUT2D eigenvalue weighted by atomic mass is 10.1. The monoisotopic (exact) mass is 364 g/mol. The Hall–Kier alpha value is -3.61. The molecule has 0 spiro atoms. The minimum Gasteiger partial charge on any atom is -0.348 e. The summed E-state index contributed by atoms with van der Waals surface area (Å²) >= 11 is 0. The van der Waals surface area contributed by atoms with Crippen LogP contribution in [0, 0.1) is 5.82 Å². The van der Waals surface area contributed by atoms with E-state index in [-0.39, 0.29) is 29.4 Å². The van der Waals surface area contributed by atoms with Gasteiger partial charge in [0.25, 0.3) is 11.8 Å². The molecule has 136 valence electrons. The molecular formula is C20H17FN4O2. The molecule has 0 atom stereocenters. The maximum absolute atomic E-state index is 13.6. The van der Waals surface area contributed by atoms with Gasteiger partial charge < -0.3 is 10.6 Å². The third-order valence-corrected chi connectivity index (χ3v) is 3.86. The molecule has 2 amide bonds. The Kier molecular flexibility index (Phi) is 5.84. The van der Waals surface area contributed by atoms with E-state index in [1.54, 1.807) is 42.7 Å². The summed E-state index contributed by atoms with van der Waals surface area (Å²) in [5, 5.41) is 5.38. The molecule has 2 aromatic heterocycles. The zero-order valence-corrected chi connectivity index (χ0v) is 14.4. The normalized spacial score (nSPS) is 10.3. The number of hydrogen-bond donors (Lipinski definition) is 2. The number of hydrogen-bond acceptors (Lipinski definition) is 4. The first kappa shape index (κ1) is 18.2. The van der Waals surface area contributed by atoms with Crippen LogP contribution in [0.3, 0.4) is 0 Å². The fourth-order valence-corrected chi connectivity index (χ4v) is 2.39. The number of carbonyl (C=O) groups is 2. The Balaban J connectivity index is 1.61. The average Bonchev–Trinajstić information content (AvgIpc) is 2.72. The molecule has 6 nitrogen and oxygen atoms in total. The number of amides is 2. The molecule has 2 heterocycles. The zero-order valence-electron chi connectivity index (χ0n) is 14.4. The van der Waals surface area contributed by atoms with Crippen molar-refractivity contribution in [3.05, 3.63) is 95.3 Å². The second-order valence-electron chi connectivity index (χ2n) is 5.77. The Bertz CT molecular complexity index is 947. The van der Waals surface area contributed by atoms with E-state index in [4.69, 9.17) is 0 Å². The van der Waals surface area contributed by atoms with Gasteiger partial charge in [-0.15, -0.1) is 0 Å². The van der Waals surface area contributed by atoms with E-state index >= 15 is 0 Å². The van der Waals surface area contributed by atoms with E-state index in [2.05, 4.69) is 20.6 Å². The van der Waals surface area contributed by atoms with Crippen LogP contribution < -0.4 is 10.6 Å². The number of carbonyl (C=O) groups excluding carboxylic acids is 2. The molecule has 0 aliphatic rings. The van der Waals surface area contributed by atoms with Crippen LogP contribution in [0.2, 0.25) is 0 Å². The molecule has 0 saturated carbocycles. The smallest absolute Gasteiger partial charge is 0.253 e. The maximum Gasteiger partial charge on any atom is 0.253 e. The van der Waals surface area contributed by atoms with Crippen molar-refractivity contribution in [2.24, 2.45) is 0 Å². The van der Waals surface area contributed by atoms with Gasteiger partial charge in [0.15, 0.2) is 0 Å². The molecule has 0 radical (unpaired) electrons. The summed E-state index contributed by atoms with van der Waals surface area (Å²) in [6.07, 6.45) is 6.03. The molecule has 27 heavy (non-hydrogen) atoms. The predicted octanol–water partition coefficient (Wildman–Crippen LogP) is 2.48. The molecule has 3 aromatic rings. The molecule has 0 saturated heterocycles. The Morgan fingerprint density at radius 1 is 0.852 bits per heavy atom. The minimum atomic E-state index is -0.436. The van der Waals surface area contributed by atoms with E-state index in [1.807, 2.05) is 0 Å². The standard InChI is InChI=1S/C20H17FN4O2/c21-18-4-2-1-3-15(18)13-25-20(27)17-9-16(11-23-12-17)19(26)24-10-14-5-7-22-8-6-14/h1-9,11-12H,10,13H2,(H,24,26)(H,25,27). The van der Waals surface area contributed by atoms with Crippen LogP contribution >= 0.6 is 0 Å². The second-order valence-corrected chi connectivity index (χ2v) is 5.77. The summed E-state index contributed by atoms with van der Waals surface area (Å²) in [4.78, 5) is 32.4. The zero-order chi connectivity index (χ0) is 19.1. The quantitative estimate of drug-likeness (QED) is 0.704. The first-order valence-electron chi connectivity index (χ1n) is 8.27. The molecule has 7 heteroatoms. The summed E-state index contributed by atoms with van der Waals surface area (Å²) in [5.41, 5.74) is 1.78. The SMILES string of the molecule is O=C(NCc1ccncc1)c1cncc(C(=O)NCc2ccccc2F)c1. The molecule has 0 aliphatic carbocycles. The van der Waals surface area contributed by atoms with Gasteiger partial charge in [-0.1, -0.05) is 18.2 Å². The van der Waals surface area contributed by atoms with Crippen LogP contribution in [0.1, 0.15) is 31.8 Å². The number of aromatic nitrogens is 2. The van der Waals surface area contributed by atoms with E-state index in [9.17, 15) is 14.0 Å². The Morgan fingerprint density at radius 3 is 2.15 bits per heavy atom. The lowest BCUT2D eigenvalue weighted by molar-refractivity contribution is 0.0950. The molecule has 1 aromatic carbocycles. The molecule has 3 rings (SSSR count). The average molecular weight is 364 g/mol. The Morgan fingerprint density at radius 2 is 1.48 bits per heavy atom. The molecule has 0 unspecified atom stereocenters. The van der Waals surface area contributed by atoms with E-state index in [1.165, 1.54) is 24.5 Å². The van der Waals surface area contributed by atoms with E-state index in [0.29, 0.717) is 12.1 Å². The third kappa shape index (κ3) is 4.94. The fraction of sp³-hybridized carbons (Fsp3) is 0.100. The van der Waals surface area contributed by atoms with Crippen LogP contribution in [0.4, 0.5) is 4.39 Å². The molecule has 0 aliphatic heterocycles. The van der Waals surface area contributed by atoms with Crippen molar-refractivity contribution in [3.63, 3.8) is 0 Å². The molecule has 0 bridgehead atoms. The lowest BCUT2D eigenvalue weighted by Gasteiger charge is -2.08.